The zero-order chi connectivity index (χ0) is 19.8. The van der Waals surface area contributed by atoms with E-state index in [1.807, 2.05) is 13.8 Å². The van der Waals surface area contributed by atoms with Crippen LogP contribution in [0.15, 0.2) is 48.5 Å². The van der Waals surface area contributed by atoms with Gasteiger partial charge in [0.2, 0.25) is 0 Å². The van der Waals surface area contributed by atoms with Gasteiger partial charge in [-0.1, -0.05) is 12.1 Å². The molecular weight excluding hydrogens is 349 g/mol. The molecule has 0 heterocycles. The minimum atomic E-state index is -0.396. The third-order valence-corrected chi connectivity index (χ3v) is 3.86. The molecule has 6 heteroatoms. The number of methoxy groups -OCH3 is 1. The molecule has 0 saturated carbocycles. The van der Waals surface area contributed by atoms with E-state index in [2.05, 4.69) is 4.74 Å². The van der Waals surface area contributed by atoms with Crippen molar-refractivity contribution in [3.8, 4) is 5.75 Å². The predicted octanol–water partition coefficient (Wildman–Crippen LogP) is 3.82. The van der Waals surface area contributed by atoms with Crippen LogP contribution in [0.2, 0.25) is 0 Å². The first-order chi connectivity index (χ1) is 12.9. The van der Waals surface area contributed by atoms with E-state index in [1.165, 1.54) is 19.2 Å². The summed E-state index contributed by atoms with van der Waals surface area (Å²) in [7, 11) is 1.31. The zero-order valence-electron chi connectivity index (χ0n) is 15.8. The first kappa shape index (κ1) is 20.4. The van der Waals surface area contributed by atoms with Crippen molar-refractivity contribution >= 4 is 11.9 Å². The van der Waals surface area contributed by atoms with E-state index >= 15 is 0 Å². The second-order valence-corrected chi connectivity index (χ2v) is 6.37. The van der Waals surface area contributed by atoms with Gasteiger partial charge in [0.1, 0.15) is 11.6 Å². The summed E-state index contributed by atoms with van der Waals surface area (Å²) in [4.78, 5) is 25.9. The van der Waals surface area contributed by atoms with Gasteiger partial charge in [-0.3, -0.25) is 9.59 Å². The summed E-state index contributed by atoms with van der Waals surface area (Å²) in [6, 6.07) is 12.8. The molecule has 0 aromatic heterocycles. The number of amides is 1. The molecule has 0 fully saturated rings. The minimum Gasteiger partial charge on any atom is -0.491 e. The standard InChI is InChI=1S/C21H24FNO4/c1-15(2)27-19-10-6-17(7-11-19)21(25)23(13-12-20(24)26-3)14-16-4-8-18(22)9-5-16/h4-11,15H,12-14H2,1-3H3. The van der Waals surface area contributed by atoms with E-state index in [1.54, 1.807) is 41.3 Å². The van der Waals surface area contributed by atoms with E-state index < -0.39 is 5.97 Å². The number of ether oxygens (including phenoxy) is 2. The normalized spacial score (nSPS) is 10.6. The molecule has 0 atom stereocenters. The van der Waals surface area contributed by atoms with Crippen LogP contribution in [0.5, 0.6) is 5.75 Å². The number of benzene rings is 2. The van der Waals surface area contributed by atoms with Crippen LogP contribution < -0.4 is 4.74 Å². The highest BCUT2D eigenvalue weighted by atomic mass is 19.1. The fourth-order valence-electron chi connectivity index (χ4n) is 2.52. The Labute approximate surface area is 158 Å². The number of rotatable bonds is 8. The van der Waals surface area contributed by atoms with Gasteiger partial charge < -0.3 is 14.4 Å². The summed E-state index contributed by atoms with van der Waals surface area (Å²) in [5.41, 5.74) is 1.26. The molecule has 0 radical (unpaired) electrons. The van der Waals surface area contributed by atoms with Crippen molar-refractivity contribution in [3.05, 3.63) is 65.5 Å². The molecule has 0 spiro atoms. The lowest BCUT2D eigenvalue weighted by molar-refractivity contribution is -0.140. The Morgan fingerprint density at radius 1 is 1.04 bits per heavy atom. The van der Waals surface area contributed by atoms with Gasteiger partial charge >= 0.3 is 5.97 Å². The van der Waals surface area contributed by atoms with E-state index in [0.717, 1.165) is 5.56 Å². The van der Waals surface area contributed by atoms with Crippen molar-refractivity contribution in [2.75, 3.05) is 13.7 Å². The fourth-order valence-corrected chi connectivity index (χ4v) is 2.52. The van der Waals surface area contributed by atoms with Crippen molar-refractivity contribution in [1.29, 1.82) is 0 Å². The van der Waals surface area contributed by atoms with E-state index in [9.17, 15) is 14.0 Å². The lowest BCUT2D eigenvalue weighted by atomic mass is 10.1. The quantitative estimate of drug-likeness (QED) is 0.660. The van der Waals surface area contributed by atoms with Gasteiger partial charge in [-0.25, -0.2) is 4.39 Å². The molecule has 5 nitrogen and oxygen atoms in total. The second-order valence-electron chi connectivity index (χ2n) is 6.37. The van der Waals surface area contributed by atoms with Crippen molar-refractivity contribution in [2.45, 2.75) is 32.9 Å². The highest BCUT2D eigenvalue weighted by Crippen LogP contribution is 2.17. The Bertz CT molecular complexity index is 757. The molecular formula is C21H24FNO4. The van der Waals surface area contributed by atoms with E-state index in [-0.39, 0.29) is 37.3 Å². The van der Waals surface area contributed by atoms with Crippen LogP contribution in [0.1, 0.15) is 36.2 Å². The number of esters is 1. The van der Waals surface area contributed by atoms with Gasteiger partial charge in [0, 0.05) is 18.7 Å². The number of carbonyl (C=O) groups excluding carboxylic acids is 2. The monoisotopic (exact) mass is 373 g/mol. The van der Waals surface area contributed by atoms with Crippen LogP contribution in [-0.4, -0.2) is 36.5 Å². The van der Waals surface area contributed by atoms with Crippen LogP contribution in [0.25, 0.3) is 0 Å². The smallest absolute Gasteiger partial charge is 0.307 e. The van der Waals surface area contributed by atoms with Crippen molar-refractivity contribution in [2.24, 2.45) is 0 Å². The average Bonchev–Trinajstić information content (AvgIpc) is 2.66. The van der Waals surface area contributed by atoms with Crippen LogP contribution in [0, 0.1) is 5.82 Å². The summed E-state index contributed by atoms with van der Waals surface area (Å²) in [6.07, 6.45) is 0.124. The summed E-state index contributed by atoms with van der Waals surface area (Å²) in [6.45, 7) is 4.32. The number of hydrogen-bond acceptors (Lipinski definition) is 4. The Morgan fingerprint density at radius 2 is 1.67 bits per heavy atom. The molecule has 0 aliphatic rings. The topological polar surface area (TPSA) is 55.8 Å². The molecule has 0 saturated heterocycles. The number of carbonyl (C=O) groups is 2. The lowest BCUT2D eigenvalue weighted by Gasteiger charge is -2.23. The maximum atomic E-state index is 13.1. The molecule has 2 aromatic carbocycles. The maximum Gasteiger partial charge on any atom is 0.307 e. The number of nitrogens with zero attached hydrogens (tertiary/aromatic N) is 1. The number of hydrogen-bond donors (Lipinski definition) is 0. The predicted molar refractivity (Wildman–Crippen MR) is 100.0 cm³/mol. The van der Waals surface area contributed by atoms with Gasteiger partial charge in [0.25, 0.3) is 5.91 Å². The van der Waals surface area contributed by atoms with Crippen molar-refractivity contribution in [1.82, 2.24) is 4.90 Å². The highest BCUT2D eigenvalue weighted by Gasteiger charge is 2.18. The molecule has 0 bridgehead atoms. The van der Waals surface area contributed by atoms with Gasteiger partial charge in [0.15, 0.2) is 0 Å². The average molecular weight is 373 g/mol. The number of halogens is 1. The Morgan fingerprint density at radius 3 is 2.22 bits per heavy atom. The van der Waals surface area contributed by atoms with Gasteiger partial charge in [0.05, 0.1) is 19.6 Å². The zero-order valence-corrected chi connectivity index (χ0v) is 15.8. The van der Waals surface area contributed by atoms with E-state index in [4.69, 9.17) is 4.74 Å². The third-order valence-electron chi connectivity index (χ3n) is 3.86. The van der Waals surface area contributed by atoms with Crippen LogP contribution in [0.3, 0.4) is 0 Å². The molecule has 0 aliphatic heterocycles. The van der Waals surface area contributed by atoms with E-state index in [0.29, 0.717) is 11.3 Å². The Balaban J connectivity index is 2.15. The van der Waals surface area contributed by atoms with Crippen LogP contribution in [-0.2, 0) is 16.1 Å². The van der Waals surface area contributed by atoms with Crippen molar-refractivity contribution < 1.29 is 23.5 Å². The fraction of sp³-hybridized carbons (Fsp3) is 0.333. The summed E-state index contributed by atoms with van der Waals surface area (Å²) in [5, 5.41) is 0. The first-order valence-corrected chi connectivity index (χ1v) is 8.76. The molecule has 1 amide bonds. The van der Waals surface area contributed by atoms with Gasteiger partial charge in [-0.15, -0.1) is 0 Å². The highest BCUT2D eigenvalue weighted by molar-refractivity contribution is 5.94. The van der Waals surface area contributed by atoms with Gasteiger partial charge in [-0.05, 0) is 55.8 Å². The van der Waals surface area contributed by atoms with Crippen molar-refractivity contribution in [3.63, 3.8) is 0 Å². The lowest BCUT2D eigenvalue weighted by Crippen LogP contribution is -2.32. The molecule has 27 heavy (non-hydrogen) atoms. The molecule has 0 aliphatic carbocycles. The Kier molecular flexibility index (Phi) is 7.34. The summed E-state index contributed by atoms with van der Waals surface area (Å²) < 4.78 is 23.4. The summed E-state index contributed by atoms with van der Waals surface area (Å²) in [5.74, 6) is -0.278. The molecule has 2 aromatic rings. The van der Waals surface area contributed by atoms with Gasteiger partial charge in [-0.2, -0.15) is 0 Å². The largest absolute Gasteiger partial charge is 0.491 e. The molecule has 0 unspecified atom stereocenters. The second kappa shape index (κ2) is 9.71. The third kappa shape index (κ3) is 6.40. The minimum absolute atomic E-state index is 0.0431. The van der Waals surface area contributed by atoms with Crippen LogP contribution >= 0.6 is 0 Å². The first-order valence-electron chi connectivity index (χ1n) is 8.76. The molecule has 0 N–H and O–H groups in total. The summed E-state index contributed by atoms with van der Waals surface area (Å²) >= 11 is 0. The Hall–Kier alpha value is -2.89. The maximum absolute atomic E-state index is 13.1. The van der Waals surface area contributed by atoms with Crippen LogP contribution in [0.4, 0.5) is 4.39 Å². The molecule has 2 rings (SSSR count). The molecule has 144 valence electrons. The SMILES string of the molecule is COC(=O)CCN(Cc1ccc(F)cc1)C(=O)c1ccc(OC(C)C)cc1.